The lowest BCUT2D eigenvalue weighted by Gasteiger charge is -2.40. The topological polar surface area (TPSA) is 57.6 Å². The van der Waals surface area contributed by atoms with E-state index in [0.29, 0.717) is 39.9 Å². The number of halogens is 2. The van der Waals surface area contributed by atoms with E-state index in [9.17, 15) is 9.59 Å². The summed E-state index contributed by atoms with van der Waals surface area (Å²) in [5, 5.41) is 3.79. The summed E-state index contributed by atoms with van der Waals surface area (Å²) in [5.41, 5.74) is 3.43. The average molecular weight is 522 g/mol. The van der Waals surface area contributed by atoms with Gasteiger partial charge in [0.25, 0.3) is 5.91 Å². The van der Waals surface area contributed by atoms with Crippen molar-refractivity contribution in [3.63, 3.8) is 0 Å². The van der Waals surface area contributed by atoms with Crippen LogP contribution < -0.4 is 15.6 Å². The molecule has 35 heavy (non-hydrogen) atoms. The highest BCUT2D eigenvalue weighted by Gasteiger charge is 2.28. The molecule has 1 fully saturated rings. The molecule has 1 saturated carbocycles. The van der Waals surface area contributed by atoms with E-state index in [-0.39, 0.29) is 17.9 Å². The van der Waals surface area contributed by atoms with Crippen LogP contribution in [0.15, 0.2) is 23.0 Å². The number of hydrogen-bond donors (Lipinski definition) is 1. The molecule has 1 N–H and O–H groups in total. The fourth-order valence-corrected chi connectivity index (χ4v) is 5.92. The Bertz CT molecular complexity index is 1120. The van der Waals surface area contributed by atoms with Gasteiger partial charge in [0.05, 0.1) is 5.56 Å². The van der Waals surface area contributed by atoms with Crippen LogP contribution in [0.1, 0.15) is 66.7 Å². The van der Waals surface area contributed by atoms with E-state index in [2.05, 4.69) is 36.1 Å². The molecule has 0 unspecified atom stereocenters. The molecule has 1 aromatic carbocycles. The molecule has 1 aliphatic carbocycles. The van der Waals surface area contributed by atoms with Gasteiger partial charge in [-0.1, -0.05) is 23.2 Å². The van der Waals surface area contributed by atoms with Crippen LogP contribution in [-0.4, -0.2) is 48.1 Å². The lowest BCUT2D eigenvalue weighted by Crippen LogP contribution is -2.42. The van der Waals surface area contributed by atoms with E-state index in [1.165, 1.54) is 0 Å². The van der Waals surface area contributed by atoms with Gasteiger partial charge in [0.1, 0.15) is 5.15 Å². The van der Waals surface area contributed by atoms with Crippen molar-refractivity contribution in [1.29, 1.82) is 0 Å². The Labute approximate surface area is 219 Å². The average Bonchev–Trinajstić information content (AvgIpc) is 2.81. The number of nitrogens with one attached hydrogen (secondary N) is 1. The summed E-state index contributed by atoms with van der Waals surface area (Å²) in [4.78, 5) is 30.5. The van der Waals surface area contributed by atoms with Crippen LogP contribution >= 0.6 is 23.2 Å². The fourth-order valence-electron chi connectivity index (χ4n) is 5.30. The molecule has 192 valence electrons. The molecule has 0 aliphatic heterocycles. The fraction of sp³-hybridized carbons (Fsp3) is 0.556. The van der Waals surface area contributed by atoms with Crippen LogP contribution in [0.25, 0.3) is 0 Å². The van der Waals surface area contributed by atoms with Crippen molar-refractivity contribution in [2.24, 2.45) is 0 Å². The number of rotatable bonds is 8. The summed E-state index contributed by atoms with van der Waals surface area (Å²) < 4.78 is 1.86. The summed E-state index contributed by atoms with van der Waals surface area (Å²) in [5.74, 6) is -0.266. The van der Waals surface area contributed by atoms with E-state index in [1.807, 2.05) is 31.4 Å². The van der Waals surface area contributed by atoms with Gasteiger partial charge in [-0.15, -0.1) is 0 Å². The second kappa shape index (κ2) is 11.8. The van der Waals surface area contributed by atoms with Gasteiger partial charge >= 0.3 is 0 Å². The number of benzene rings is 1. The maximum atomic E-state index is 13.2. The molecule has 2 aromatic rings. The Morgan fingerprint density at radius 3 is 2.26 bits per heavy atom. The van der Waals surface area contributed by atoms with E-state index in [0.717, 1.165) is 49.2 Å². The predicted octanol–water partition coefficient (Wildman–Crippen LogP) is 5.42. The summed E-state index contributed by atoms with van der Waals surface area (Å²) in [6.07, 6.45) is 4.54. The number of amides is 1. The van der Waals surface area contributed by atoms with Crippen molar-refractivity contribution < 1.29 is 4.79 Å². The summed E-state index contributed by atoms with van der Waals surface area (Å²) in [7, 11) is 4.30. The van der Waals surface area contributed by atoms with E-state index in [1.54, 1.807) is 12.1 Å². The number of pyridine rings is 1. The zero-order valence-corrected chi connectivity index (χ0v) is 23.3. The maximum absolute atomic E-state index is 13.2. The molecule has 0 radical (unpaired) electrons. The van der Waals surface area contributed by atoms with Gasteiger partial charge in [-0.2, -0.15) is 0 Å². The van der Waals surface area contributed by atoms with Crippen LogP contribution in [0.3, 0.4) is 0 Å². The van der Waals surface area contributed by atoms with Gasteiger partial charge in [0.15, 0.2) is 5.43 Å². The minimum atomic E-state index is -0.266. The van der Waals surface area contributed by atoms with Gasteiger partial charge in [-0.05, 0) is 85.2 Å². The molecule has 1 heterocycles. The first-order valence-corrected chi connectivity index (χ1v) is 13.2. The lowest BCUT2D eigenvalue weighted by molar-refractivity contribution is 0.0950. The lowest BCUT2D eigenvalue weighted by atomic mass is 9.89. The van der Waals surface area contributed by atoms with Crippen molar-refractivity contribution in [2.45, 2.75) is 78.6 Å². The second-order valence-corrected chi connectivity index (χ2v) is 10.5. The number of hydrogen-bond acceptors (Lipinski definition) is 4. The van der Waals surface area contributed by atoms with Crippen molar-refractivity contribution in [3.05, 3.63) is 61.0 Å². The zero-order valence-electron chi connectivity index (χ0n) is 21.8. The molecule has 3 rings (SSSR count). The minimum absolute atomic E-state index is 0.0596. The summed E-state index contributed by atoms with van der Waals surface area (Å²) in [6.45, 7) is 9.48. The van der Waals surface area contributed by atoms with Gasteiger partial charge in [-0.3, -0.25) is 9.59 Å². The molecule has 0 bridgehead atoms. The smallest absolute Gasteiger partial charge is 0.251 e. The summed E-state index contributed by atoms with van der Waals surface area (Å²) in [6, 6.07) is 6.27. The first-order chi connectivity index (χ1) is 16.6. The Hall–Kier alpha value is -2.02. The van der Waals surface area contributed by atoms with E-state index < -0.39 is 0 Å². The molecule has 0 spiro atoms. The number of carbonyl (C=O) groups is 1. The van der Waals surface area contributed by atoms with Crippen molar-refractivity contribution >= 4 is 34.8 Å². The monoisotopic (exact) mass is 520 g/mol. The standard InChI is InChI=1S/C27H38Cl2N4O2/c1-7-32-17(3)13-25(34)23(26(32)29)16-30-27(35)22-14-19(28)15-24(18(22)4)33(8-2)21-11-9-20(10-12-21)31(5)6/h13-15,20-21H,7-12,16H2,1-6H3,(H,30,35)/t20-,21-. The van der Waals surface area contributed by atoms with E-state index >= 15 is 0 Å². The SMILES string of the molecule is CCn1c(C)cc(=O)c(CNC(=O)c2cc(Cl)cc(N(CC)[C@H]3CC[C@H](N(C)C)CC3)c2C)c1Cl. The third-order valence-corrected chi connectivity index (χ3v) is 8.02. The molecule has 1 amide bonds. The van der Waals surface area contributed by atoms with Gasteiger partial charge in [0.2, 0.25) is 0 Å². The number of anilines is 1. The normalized spacial score (nSPS) is 18.1. The predicted molar refractivity (Wildman–Crippen MR) is 146 cm³/mol. The molecule has 1 aliphatic rings. The largest absolute Gasteiger partial charge is 0.369 e. The number of aryl methyl sites for hydroxylation is 1. The maximum Gasteiger partial charge on any atom is 0.251 e. The van der Waals surface area contributed by atoms with Crippen molar-refractivity contribution in [1.82, 2.24) is 14.8 Å². The molecular weight excluding hydrogens is 483 g/mol. The number of nitrogens with zero attached hydrogens (tertiary/aromatic N) is 3. The zero-order chi connectivity index (χ0) is 25.9. The highest BCUT2D eigenvalue weighted by molar-refractivity contribution is 6.31. The van der Waals surface area contributed by atoms with Crippen LogP contribution in [0, 0.1) is 13.8 Å². The van der Waals surface area contributed by atoms with Crippen molar-refractivity contribution in [3.8, 4) is 0 Å². The Kier molecular flexibility index (Phi) is 9.30. The first kappa shape index (κ1) is 27.6. The Morgan fingerprint density at radius 2 is 1.69 bits per heavy atom. The third kappa shape index (κ3) is 6.04. The van der Waals surface area contributed by atoms with Gasteiger partial charge < -0.3 is 19.7 Å². The molecule has 0 atom stereocenters. The quantitative estimate of drug-likeness (QED) is 0.472. The van der Waals surface area contributed by atoms with Gasteiger partial charge in [-0.25, -0.2) is 0 Å². The molecule has 1 aromatic heterocycles. The molecule has 0 saturated heterocycles. The van der Waals surface area contributed by atoms with Gasteiger partial charge in [0, 0.05) is 59.8 Å². The highest BCUT2D eigenvalue weighted by Crippen LogP contribution is 2.34. The van der Waals surface area contributed by atoms with E-state index in [4.69, 9.17) is 23.2 Å². The molecule has 6 nitrogen and oxygen atoms in total. The van der Waals surface area contributed by atoms with Crippen LogP contribution in [0.4, 0.5) is 5.69 Å². The van der Waals surface area contributed by atoms with Crippen LogP contribution in [-0.2, 0) is 13.1 Å². The van der Waals surface area contributed by atoms with Crippen LogP contribution in [0.5, 0.6) is 0 Å². The van der Waals surface area contributed by atoms with Crippen LogP contribution in [0.2, 0.25) is 10.2 Å². The third-order valence-electron chi connectivity index (χ3n) is 7.37. The Morgan fingerprint density at radius 1 is 1.06 bits per heavy atom. The molecule has 8 heteroatoms. The minimum Gasteiger partial charge on any atom is -0.369 e. The molecular formula is C27H38Cl2N4O2. The summed E-state index contributed by atoms with van der Waals surface area (Å²) >= 11 is 13.0. The number of aromatic nitrogens is 1. The first-order valence-electron chi connectivity index (χ1n) is 12.5. The Balaban J connectivity index is 1.83. The second-order valence-electron chi connectivity index (χ2n) is 9.66. The number of carbonyl (C=O) groups excluding carboxylic acids is 1. The van der Waals surface area contributed by atoms with Crippen molar-refractivity contribution in [2.75, 3.05) is 25.5 Å². The highest BCUT2D eigenvalue weighted by atomic mass is 35.5.